The number of fused-ring (bicyclic) bond motifs is 1. The van der Waals surface area contributed by atoms with E-state index in [1.807, 2.05) is 0 Å². The Morgan fingerprint density at radius 3 is 2.27 bits per heavy atom. The quantitative estimate of drug-likeness (QED) is 0.653. The third kappa shape index (κ3) is 2.98. The fourth-order valence-electron chi connectivity index (χ4n) is 3.50. The lowest BCUT2D eigenvalue weighted by Crippen LogP contribution is -2.22. The van der Waals surface area contributed by atoms with Crippen molar-refractivity contribution in [3.8, 4) is 23.0 Å². The molecule has 0 saturated carbocycles. The summed E-state index contributed by atoms with van der Waals surface area (Å²) in [6.45, 7) is -0.340. The van der Waals surface area contributed by atoms with Gasteiger partial charge >= 0.3 is 0 Å². The smallest absolute Gasteiger partial charge is 0.161 e. The first-order valence-electron chi connectivity index (χ1n) is 8.26. The number of methoxy groups -OCH3 is 2. The van der Waals surface area contributed by atoms with Crippen LogP contribution in [0.4, 0.5) is 0 Å². The second kappa shape index (κ2) is 7.27. The molecular formula is C20H22O6. The largest absolute Gasteiger partial charge is 0.504 e. The highest BCUT2D eigenvalue weighted by Gasteiger charge is 2.29. The van der Waals surface area contributed by atoms with Gasteiger partial charge in [0, 0.05) is 5.92 Å². The van der Waals surface area contributed by atoms with E-state index in [0.29, 0.717) is 34.6 Å². The average Bonchev–Trinajstić information content (AvgIpc) is 2.66. The zero-order valence-electron chi connectivity index (χ0n) is 14.7. The van der Waals surface area contributed by atoms with Crippen LogP contribution >= 0.6 is 0 Å². The van der Waals surface area contributed by atoms with Gasteiger partial charge in [0.05, 0.1) is 27.4 Å². The van der Waals surface area contributed by atoms with Crippen LogP contribution in [0.2, 0.25) is 0 Å². The lowest BCUT2D eigenvalue weighted by atomic mass is 9.76. The number of aliphatic hydroxyl groups excluding tert-OH is 2. The summed E-state index contributed by atoms with van der Waals surface area (Å²) < 4.78 is 10.4. The van der Waals surface area contributed by atoms with E-state index in [4.69, 9.17) is 9.47 Å². The van der Waals surface area contributed by atoms with Crippen molar-refractivity contribution in [1.29, 1.82) is 0 Å². The van der Waals surface area contributed by atoms with Crippen molar-refractivity contribution in [2.24, 2.45) is 5.92 Å². The number of rotatable bonds is 5. The molecule has 1 aliphatic carbocycles. The van der Waals surface area contributed by atoms with E-state index in [0.717, 1.165) is 11.1 Å². The van der Waals surface area contributed by atoms with E-state index in [2.05, 4.69) is 0 Å². The van der Waals surface area contributed by atoms with Crippen LogP contribution in [0.5, 0.6) is 23.0 Å². The van der Waals surface area contributed by atoms with Crippen LogP contribution in [0.3, 0.4) is 0 Å². The molecule has 2 aromatic rings. The van der Waals surface area contributed by atoms with E-state index in [9.17, 15) is 20.4 Å². The molecule has 0 aromatic heterocycles. The second-order valence-electron chi connectivity index (χ2n) is 6.21. The summed E-state index contributed by atoms with van der Waals surface area (Å²) in [6, 6.07) is 8.26. The third-order valence-electron chi connectivity index (χ3n) is 4.81. The number of hydrogen-bond donors (Lipinski definition) is 4. The summed E-state index contributed by atoms with van der Waals surface area (Å²) in [4.78, 5) is 0. The van der Waals surface area contributed by atoms with Crippen LogP contribution in [-0.2, 0) is 6.42 Å². The Bertz CT molecular complexity index is 856. The SMILES string of the molecule is COc1cc(C2=C(CO)C(CO)Cc3cc(OC)c(O)cc32)ccc1O. The first kappa shape index (κ1) is 18.1. The maximum Gasteiger partial charge on any atom is 0.161 e. The molecule has 2 aromatic carbocycles. The van der Waals surface area contributed by atoms with Gasteiger partial charge in [0.1, 0.15) is 0 Å². The van der Waals surface area contributed by atoms with Gasteiger partial charge in [-0.25, -0.2) is 0 Å². The Hall–Kier alpha value is -2.70. The number of ether oxygens (including phenoxy) is 2. The van der Waals surface area contributed by atoms with Gasteiger partial charge in [-0.3, -0.25) is 0 Å². The maximum absolute atomic E-state index is 10.2. The topological polar surface area (TPSA) is 99.4 Å². The zero-order valence-corrected chi connectivity index (χ0v) is 14.7. The first-order valence-corrected chi connectivity index (χ1v) is 8.26. The van der Waals surface area contributed by atoms with Gasteiger partial charge in [-0.15, -0.1) is 0 Å². The van der Waals surface area contributed by atoms with Crippen LogP contribution < -0.4 is 9.47 Å². The summed E-state index contributed by atoms with van der Waals surface area (Å²) >= 11 is 0. The number of benzene rings is 2. The summed E-state index contributed by atoms with van der Waals surface area (Å²) in [5.74, 6) is 0.411. The average molecular weight is 358 g/mol. The zero-order chi connectivity index (χ0) is 18.8. The van der Waals surface area contributed by atoms with E-state index >= 15 is 0 Å². The fraction of sp³-hybridized carbons (Fsp3) is 0.300. The molecule has 0 saturated heterocycles. The Balaban J connectivity index is 2.28. The highest BCUT2D eigenvalue weighted by Crippen LogP contribution is 2.44. The van der Waals surface area contributed by atoms with E-state index < -0.39 is 0 Å². The van der Waals surface area contributed by atoms with Gasteiger partial charge in [0.25, 0.3) is 0 Å². The predicted molar refractivity (Wildman–Crippen MR) is 96.7 cm³/mol. The molecule has 0 fully saturated rings. The van der Waals surface area contributed by atoms with Gasteiger partial charge in [-0.2, -0.15) is 0 Å². The van der Waals surface area contributed by atoms with Crippen molar-refractivity contribution in [2.75, 3.05) is 27.4 Å². The number of hydrogen-bond acceptors (Lipinski definition) is 6. The molecule has 6 nitrogen and oxygen atoms in total. The summed E-state index contributed by atoms with van der Waals surface area (Å²) in [6.07, 6.45) is 0.525. The number of phenolic OH excluding ortho intramolecular Hbond substituents is 2. The molecule has 0 spiro atoms. The van der Waals surface area contributed by atoms with Gasteiger partial charge in [-0.05, 0) is 58.5 Å². The Morgan fingerprint density at radius 1 is 0.962 bits per heavy atom. The number of aliphatic hydroxyl groups is 2. The highest BCUT2D eigenvalue weighted by atomic mass is 16.5. The third-order valence-corrected chi connectivity index (χ3v) is 4.81. The van der Waals surface area contributed by atoms with Crippen LogP contribution in [0.1, 0.15) is 16.7 Å². The molecule has 0 radical (unpaired) electrons. The molecular weight excluding hydrogens is 336 g/mol. The van der Waals surface area contributed by atoms with Crippen molar-refractivity contribution < 1.29 is 29.9 Å². The molecule has 1 unspecified atom stereocenters. The summed E-state index contributed by atoms with van der Waals surface area (Å²) in [5, 5.41) is 39.9. The van der Waals surface area contributed by atoms with Crippen molar-refractivity contribution in [2.45, 2.75) is 6.42 Å². The van der Waals surface area contributed by atoms with Crippen molar-refractivity contribution in [3.63, 3.8) is 0 Å². The van der Waals surface area contributed by atoms with Crippen LogP contribution in [-0.4, -0.2) is 47.9 Å². The molecule has 26 heavy (non-hydrogen) atoms. The van der Waals surface area contributed by atoms with Gasteiger partial charge in [-0.1, -0.05) is 6.07 Å². The van der Waals surface area contributed by atoms with E-state index in [-0.39, 0.29) is 30.6 Å². The maximum atomic E-state index is 10.2. The first-order chi connectivity index (χ1) is 12.5. The molecule has 1 aliphatic rings. The van der Waals surface area contributed by atoms with Crippen molar-refractivity contribution in [1.82, 2.24) is 0 Å². The van der Waals surface area contributed by atoms with E-state index in [1.54, 1.807) is 24.3 Å². The van der Waals surface area contributed by atoms with Crippen LogP contribution in [0.25, 0.3) is 5.57 Å². The normalized spacial score (nSPS) is 16.4. The lowest BCUT2D eigenvalue weighted by molar-refractivity contribution is 0.225. The number of phenols is 2. The van der Waals surface area contributed by atoms with Crippen molar-refractivity contribution in [3.05, 3.63) is 52.6 Å². The summed E-state index contributed by atoms with van der Waals surface area (Å²) in [7, 11) is 2.94. The summed E-state index contributed by atoms with van der Waals surface area (Å²) in [5.41, 5.74) is 3.76. The van der Waals surface area contributed by atoms with E-state index in [1.165, 1.54) is 20.3 Å². The molecule has 0 heterocycles. The fourth-order valence-corrected chi connectivity index (χ4v) is 3.50. The molecule has 0 aliphatic heterocycles. The highest BCUT2D eigenvalue weighted by molar-refractivity contribution is 5.87. The minimum Gasteiger partial charge on any atom is -0.504 e. The second-order valence-corrected chi connectivity index (χ2v) is 6.21. The molecule has 6 heteroatoms. The van der Waals surface area contributed by atoms with Gasteiger partial charge in [0.2, 0.25) is 0 Å². The number of aromatic hydroxyl groups is 2. The molecule has 1 atom stereocenters. The molecule has 138 valence electrons. The van der Waals surface area contributed by atoms with Crippen molar-refractivity contribution >= 4 is 5.57 Å². The molecule has 0 amide bonds. The Labute approximate surface area is 151 Å². The van der Waals surface area contributed by atoms with Gasteiger partial charge in [0.15, 0.2) is 23.0 Å². The molecule has 3 rings (SSSR count). The minimum absolute atomic E-state index is 0.00534. The minimum atomic E-state index is -0.253. The Morgan fingerprint density at radius 2 is 1.65 bits per heavy atom. The molecule has 4 N–H and O–H groups in total. The standard InChI is InChI=1S/C20H22O6/c1-25-18-6-11(3-4-16(18)23)20-14-8-17(24)19(26-2)7-12(14)5-13(9-21)15(20)10-22/h3-4,6-8,13,21-24H,5,9-10H2,1-2H3. The van der Waals surface area contributed by atoms with Gasteiger partial charge < -0.3 is 29.9 Å². The molecule has 0 bridgehead atoms. The van der Waals surface area contributed by atoms with Crippen LogP contribution in [0, 0.1) is 5.92 Å². The monoisotopic (exact) mass is 358 g/mol. The Kier molecular flexibility index (Phi) is 5.06. The predicted octanol–water partition coefficient (Wildman–Crippen LogP) is 2.07. The lowest BCUT2D eigenvalue weighted by Gasteiger charge is -2.30. The van der Waals surface area contributed by atoms with Crippen LogP contribution in [0.15, 0.2) is 35.9 Å².